The summed E-state index contributed by atoms with van der Waals surface area (Å²) in [4.78, 5) is 25.4. The smallest absolute Gasteiger partial charge is 0.224 e. The lowest BCUT2D eigenvalue weighted by Crippen LogP contribution is -2.27. The van der Waals surface area contributed by atoms with Gasteiger partial charge in [-0.3, -0.25) is 9.59 Å². The number of anilines is 2. The lowest BCUT2D eigenvalue weighted by atomic mass is 10.1. The van der Waals surface area contributed by atoms with Crippen molar-refractivity contribution in [3.8, 4) is 0 Å². The van der Waals surface area contributed by atoms with Gasteiger partial charge in [-0.25, -0.2) is 0 Å². The summed E-state index contributed by atoms with van der Waals surface area (Å²) in [6, 6.07) is 5.46. The van der Waals surface area contributed by atoms with E-state index >= 15 is 0 Å². The van der Waals surface area contributed by atoms with Crippen LogP contribution in [0.4, 0.5) is 11.4 Å². The Morgan fingerprint density at radius 2 is 2.24 bits per heavy atom. The van der Waals surface area contributed by atoms with E-state index in [2.05, 4.69) is 12.2 Å². The second kappa shape index (κ2) is 6.61. The molecular formula is C16H23N3O2. The average Bonchev–Trinajstić information content (AvgIpc) is 2.72. The highest BCUT2D eigenvalue weighted by molar-refractivity contribution is 5.92. The van der Waals surface area contributed by atoms with Crippen LogP contribution < -0.4 is 11.1 Å². The van der Waals surface area contributed by atoms with Crippen molar-refractivity contribution in [3.05, 3.63) is 23.8 Å². The van der Waals surface area contributed by atoms with E-state index in [9.17, 15) is 9.59 Å². The van der Waals surface area contributed by atoms with Crippen molar-refractivity contribution < 1.29 is 9.59 Å². The number of rotatable bonds is 5. The first-order valence-corrected chi connectivity index (χ1v) is 7.39. The topological polar surface area (TPSA) is 75.4 Å². The van der Waals surface area contributed by atoms with Crippen molar-refractivity contribution in [2.45, 2.75) is 33.1 Å². The molecule has 1 aliphatic heterocycles. The summed E-state index contributed by atoms with van der Waals surface area (Å²) >= 11 is 0. The molecule has 0 radical (unpaired) electrons. The Balaban J connectivity index is 1.77. The maximum Gasteiger partial charge on any atom is 0.224 e. The minimum atomic E-state index is -0.0385. The Morgan fingerprint density at radius 1 is 1.48 bits per heavy atom. The third-order valence-electron chi connectivity index (χ3n) is 3.78. The fourth-order valence-corrected chi connectivity index (χ4v) is 2.60. The number of benzene rings is 1. The molecule has 21 heavy (non-hydrogen) atoms. The van der Waals surface area contributed by atoms with Gasteiger partial charge in [-0.15, -0.1) is 0 Å². The third-order valence-corrected chi connectivity index (χ3v) is 3.78. The van der Waals surface area contributed by atoms with Gasteiger partial charge in [-0.1, -0.05) is 13.0 Å². The predicted molar refractivity (Wildman–Crippen MR) is 83.8 cm³/mol. The summed E-state index contributed by atoms with van der Waals surface area (Å²) in [5.41, 5.74) is 8.09. The van der Waals surface area contributed by atoms with Gasteiger partial charge in [-0.2, -0.15) is 0 Å². The number of nitrogens with two attached hydrogens (primary N) is 1. The van der Waals surface area contributed by atoms with Crippen LogP contribution in [0, 0.1) is 12.8 Å². The molecule has 1 saturated heterocycles. The fourth-order valence-electron chi connectivity index (χ4n) is 2.60. The predicted octanol–water partition coefficient (Wildman–Crippen LogP) is 2.16. The zero-order chi connectivity index (χ0) is 15.4. The molecule has 5 heteroatoms. The number of hydrogen-bond donors (Lipinski definition) is 2. The minimum absolute atomic E-state index is 0.0385. The van der Waals surface area contributed by atoms with Crippen LogP contribution in [-0.4, -0.2) is 29.8 Å². The van der Waals surface area contributed by atoms with Gasteiger partial charge >= 0.3 is 0 Å². The van der Waals surface area contributed by atoms with Gasteiger partial charge in [0.15, 0.2) is 0 Å². The summed E-state index contributed by atoms with van der Waals surface area (Å²) in [7, 11) is 0. The van der Waals surface area contributed by atoms with E-state index in [4.69, 9.17) is 5.73 Å². The Hall–Kier alpha value is -2.04. The Bertz CT molecular complexity index is 542. The van der Waals surface area contributed by atoms with Gasteiger partial charge in [-0.05, 0) is 37.0 Å². The molecule has 114 valence electrons. The van der Waals surface area contributed by atoms with Crippen molar-refractivity contribution in [3.63, 3.8) is 0 Å². The Morgan fingerprint density at radius 3 is 2.90 bits per heavy atom. The molecule has 0 spiro atoms. The highest BCUT2D eigenvalue weighted by atomic mass is 16.2. The van der Waals surface area contributed by atoms with Gasteiger partial charge < -0.3 is 16.0 Å². The number of carbonyl (C=O) groups excluding carboxylic acids is 2. The van der Waals surface area contributed by atoms with Crippen LogP contribution in [0.5, 0.6) is 0 Å². The molecule has 1 aliphatic rings. The zero-order valence-electron chi connectivity index (χ0n) is 12.7. The van der Waals surface area contributed by atoms with Crippen LogP contribution in [0.2, 0.25) is 0 Å². The molecular weight excluding hydrogens is 266 g/mol. The lowest BCUT2D eigenvalue weighted by molar-refractivity contribution is -0.128. The molecule has 0 aliphatic carbocycles. The summed E-state index contributed by atoms with van der Waals surface area (Å²) < 4.78 is 0. The number of aryl methyl sites for hydroxylation is 1. The quantitative estimate of drug-likeness (QED) is 0.816. The highest BCUT2D eigenvalue weighted by Gasteiger charge is 2.25. The maximum atomic E-state index is 11.9. The fraction of sp³-hybridized carbons (Fsp3) is 0.500. The van der Waals surface area contributed by atoms with E-state index < -0.39 is 0 Å². The first-order valence-electron chi connectivity index (χ1n) is 7.39. The first kappa shape index (κ1) is 15.4. The molecule has 1 unspecified atom stereocenters. The van der Waals surface area contributed by atoms with Crippen molar-refractivity contribution in [2.75, 3.05) is 24.1 Å². The van der Waals surface area contributed by atoms with E-state index in [1.165, 1.54) is 0 Å². The van der Waals surface area contributed by atoms with Gasteiger partial charge in [0.1, 0.15) is 0 Å². The van der Waals surface area contributed by atoms with Crippen molar-refractivity contribution in [1.82, 2.24) is 4.90 Å². The van der Waals surface area contributed by atoms with Crippen LogP contribution in [0.15, 0.2) is 18.2 Å². The standard InChI is InChI=1S/C16H23N3O2/c1-11-8-16(21)19(10-11)7-3-4-15(20)18-14-9-13(17)6-5-12(14)2/h5-6,9,11H,3-4,7-8,10,17H2,1-2H3,(H,18,20). The zero-order valence-corrected chi connectivity index (χ0v) is 12.7. The summed E-state index contributed by atoms with van der Waals surface area (Å²) in [5, 5.41) is 2.87. The molecule has 1 aromatic carbocycles. The highest BCUT2D eigenvalue weighted by Crippen LogP contribution is 2.19. The molecule has 0 aromatic heterocycles. The monoisotopic (exact) mass is 289 g/mol. The van der Waals surface area contributed by atoms with Crippen LogP contribution >= 0.6 is 0 Å². The molecule has 0 saturated carbocycles. The molecule has 1 atom stereocenters. The van der Waals surface area contributed by atoms with Gasteiger partial charge in [0, 0.05) is 37.3 Å². The van der Waals surface area contributed by atoms with Crippen LogP contribution in [0.3, 0.4) is 0 Å². The first-order chi connectivity index (χ1) is 9.95. The SMILES string of the molecule is Cc1ccc(N)cc1NC(=O)CCCN1CC(C)CC1=O. The molecule has 5 nitrogen and oxygen atoms in total. The molecule has 3 N–H and O–H groups in total. The second-order valence-corrected chi connectivity index (χ2v) is 5.88. The summed E-state index contributed by atoms with van der Waals surface area (Å²) in [6.07, 6.45) is 1.73. The van der Waals surface area contributed by atoms with Crippen molar-refractivity contribution >= 4 is 23.2 Å². The van der Waals surface area contributed by atoms with E-state index in [-0.39, 0.29) is 11.8 Å². The molecule has 1 heterocycles. The number of amides is 2. The summed E-state index contributed by atoms with van der Waals surface area (Å²) in [6.45, 7) is 5.48. The largest absolute Gasteiger partial charge is 0.399 e. The van der Waals surface area contributed by atoms with E-state index in [1.807, 2.05) is 24.0 Å². The molecule has 1 fully saturated rings. The van der Waals surface area contributed by atoms with Gasteiger partial charge in [0.2, 0.25) is 11.8 Å². The normalized spacial score (nSPS) is 18.1. The van der Waals surface area contributed by atoms with Crippen molar-refractivity contribution in [1.29, 1.82) is 0 Å². The number of carbonyl (C=O) groups is 2. The van der Waals surface area contributed by atoms with Gasteiger partial charge in [0.05, 0.1) is 0 Å². The van der Waals surface area contributed by atoms with Gasteiger partial charge in [0.25, 0.3) is 0 Å². The lowest BCUT2D eigenvalue weighted by Gasteiger charge is -2.15. The Labute approximate surface area is 125 Å². The Kier molecular flexibility index (Phi) is 4.83. The van der Waals surface area contributed by atoms with Crippen LogP contribution in [0.25, 0.3) is 0 Å². The molecule has 1 aromatic rings. The van der Waals surface area contributed by atoms with Crippen LogP contribution in [-0.2, 0) is 9.59 Å². The number of nitrogens with zero attached hydrogens (tertiary/aromatic N) is 1. The third kappa shape index (κ3) is 4.21. The maximum absolute atomic E-state index is 11.9. The van der Waals surface area contributed by atoms with E-state index in [0.717, 1.165) is 17.8 Å². The average molecular weight is 289 g/mol. The number of nitrogens with one attached hydrogen (secondary N) is 1. The van der Waals surface area contributed by atoms with Crippen LogP contribution in [0.1, 0.15) is 31.7 Å². The van der Waals surface area contributed by atoms with E-state index in [1.54, 1.807) is 6.07 Å². The van der Waals surface area contributed by atoms with E-state index in [0.29, 0.717) is 37.4 Å². The molecule has 2 amide bonds. The molecule has 2 rings (SSSR count). The minimum Gasteiger partial charge on any atom is -0.399 e. The second-order valence-electron chi connectivity index (χ2n) is 5.88. The number of likely N-dealkylation sites (tertiary alicyclic amines) is 1. The number of hydrogen-bond acceptors (Lipinski definition) is 3. The number of nitrogen functional groups attached to an aromatic ring is 1. The van der Waals surface area contributed by atoms with Crippen molar-refractivity contribution in [2.24, 2.45) is 5.92 Å². The molecule has 0 bridgehead atoms. The summed E-state index contributed by atoms with van der Waals surface area (Å²) in [5.74, 6) is 0.597.